The molecular weight excluding hydrogens is 384 g/mol. The molecule has 0 fully saturated rings. The summed E-state index contributed by atoms with van der Waals surface area (Å²) >= 11 is 0. The fraction of sp³-hybridized carbons (Fsp3) is 0.273. The SMILES string of the molecule is Cc1ccc(C)c(OCC(=O)N/N=C/C=N/NC(=O)COc2cc(C)ccc2C)c1. The summed E-state index contributed by atoms with van der Waals surface area (Å²) in [5.74, 6) is 0.487. The molecule has 8 nitrogen and oxygen atoms in total. The largest absolute Gasteiger partial charge is 0.483 e. The summed E-state index contributed by atoms with van der Waals surface area (Å²) in [6, 6.07) is 11.5. The van der Waals surface area contributed by atoms with Crippen molar-refractivity contribution in [3.05, 3.63) is 58.7 Å². The first kappa shape index (κ1) is 22.6. The van der Waals surface area contributed by atoms with Crippen molar-refractivity contribution in [3.8, 4) is 11.5 Å². The molecule has 0 aliphatic heterocycles. The van der Waals surface area contributed by atoms with E-state index >= 15 is 0 Å². The molecule has 0 aromatic heterocycles. The Kier molecular flexibility index (Phi) is 8.56. The van der Waals surface area contributed by atoms with Crippen LogP contribution in [-0.4, -0.2) is 37.5 Å². The highest BCUT2D eigenvalue weighted by molar-refractivity contribution is 6.16. The molecule has 0 unspecified atom stereocenters. The lowest BCUT2D eigenvalue weighted by Crippen LogP contribution is -2.25. The summed E-state index contributed by atoms with van der Waals surface area (Å²) in [7, 11) is 0. The number of benzene rings is 2. The number of hydrogen-bond donors (Lipinski definition) is 2. The Morgan fingerprint density at radius 3 is 1.57 bits per heavy atom. The summed E-state index contributed by atoms with van der Waals surface area (Å²) < 4.78 is 11.0. The van der Waals surface area contributed by atoms with Crippen LogP contribution in [0.2, 0.25) is 0 Å². The molecule has 0 saturated carbocycles. The molecule has 2 aromatic carbocycles. The van der Waals surface area contributed by atoms with Crippen LogP contribution in [0.5, 0.6) is 11.5 Å². The zero-order valence-corrected chi connectivity index (χ0v) is 17.6. The molecule has 0 atom stereocenters. The Bertz CT molecular complexity index is 877. The summed E-state index contributed by atoms with van der Waals surface area (Å²) in [6.07, 6.45) is 2.48. The van der Waals surface area contributed by atoms with Crippen molar-refractivity contribution < 1.29 is 19.1 Å². The van der Waals surface area contributed by atoms with Crippen LogP contribution in [-0.2, 0) is 9.59 Å². The van der Waals surface area contributed by atoms with Gasteiger partial charge in [0.05, 0.1) is 12.4 Å². The van der Waals surface area contributed by atoms with Gasteiger partial charge in [-0.1, -0.05) is 24.3 Å². The maximum Gasteiger partial charge on any atom is 0.277 e. The Hall–Kier alpha value is -3.68. The summed E-state index contributed by atoms with van der Waals surface area (Å²) in [4.78, 5) is 23.5. The predicted molar refractivity (Wildman–Crippen MR) is 116 cm³/mol. The number of rotatable bonds is 9. The lowest BCUT2D eigenvalue weighted by atomic mass is 10.1. The molecule has 0 aliphatic carbocycles. The number of nitrogens with one attached hydrogen (secondary N) is 2. The Morgan fingerprint density at radius 2 is 1.17 bits per heavy atom. The minimum absolute atomic E-state index is 0.161. The second kappa shape index (κ2) is 11.4. The molecule has 2 N–H and O–H groups in total. The van der Waals surface area contributed by atoms with Crippen molar-refractivity contribution in [2.24, 2.45) is 10.2 Å². The molecule has 0 aliphatic rings. The lowest BCUT2D eigenvalue weighted by molar-refractivity contribution is -0.123. The smallest absolute Gasteiger partial charge is 0.277 e. The van der Waals surface area contributed by atoms with Crippen LogP contribution in [0.15, 0.2) is 46.6 Å². The van der Waals surface area contributed by atoms with Gasteiger partial charge in [-0.3, -0.25) is 9.59 Å². The van der Waals surface area contributed by atoms with Gasteiger partial charge in [0.25, 0.3) is 11.8 Å². The van der Waals surface area contributed by atoms with E-state index in [-0.39, 0.29) is 13.2 Å². The third-order valence-corrected chi connectivity index (χ3v) is 4.00. The van der Waals surface area contributed by atoms with Crippen LogP contribution in [0.4, 0.5) is 0 Å². The fourth-order valence-corrected chi connectivity index (χ4v) is 2.36. The average molecular weight is 410 g/mol. The highest BCUT2D eigenvalue weighted by atomic mass is 16.5. The summed E-state index contributed by atoms with van der Waals surface area (Å²) in [5, 5.41) is 7.40. The van der Waals surface area contributed by atoms with Crippen molar-refractivity contribution in [3.63, 3.8) is 0 Å². The fourth-order valence-electron chi connectivity index (χ4n) is 2.36. The zero-order valence-electron chi connectivity index (χ0n) is 17.6. The van der Waals surface area contributed by atoms with Crippen molar-refractivity contribution in [2.45, 2.75) is 27.7 Å². The molecule has 0 radical (unpaired) electrons. The number of aryl methyl sites for hydroxylation is 4. The van der Waals surface area contributed by atoms with Gasteiger partial charge in [-0.15, -0.1) is 0 Å². The van der Waals surface area contributed by atoms with Crippen LogP contribution < -0.4 is 20.3 Å². The van der Waals surface area contributed by atoms with E-state index in [1.165, 1.54) is 12.4 Å². The number of carbonyl (C=O) groups is 2. The molecule has 0 bridgehead atoms. The standard InChI is InChI=1S/C22H26N4O4/c1-15-5-7-17(3)19(11-15)29-13-21(27)25-23-9-10-24-26-22(28)14-30-20-12-16(2)6-8-18(20)4/h5-12H,13-14H2,1-4H3,(H,25,27)(H,26,28)/b23-9+,24-10+. The highest BCUT2D eigenvalue weighted by Gasteiger charge is 2.05. The summed E-state index contributed by atoms with van der Waals surface area (Å²) in [5.41, 5.74) is 8.61. The number of carbonyl (C=O) groups excluding carboxylic acids is 2. The minimum atomic E-state index is -0.411. The minimum Gasteiger partial charge on any atom is -0.483 e. The van der Waals surface area contributed by atoms with E-state index in [4.69, 9.17) is 9.47 Å². The van der Waals surface area contributed by atoms with E-state index in [0.29, 0.717) is 11.5 Å². The Morgan fingerprint density at radius 1 is 0.767 bits per heavy atom. The molecule has 158 valence electrons. The van der Waals surface area contributed by atoms with Gasteiger partial charge >= 0.3 is 0 Å². The Labute approximate surface area is 176 Å². The van der Waals surface area contributed by atoms with Crippen LogP contribution in [0.1, 0.15) is 22.3 Å². The number of hydrogen-bond acceptors (Lipinski definition) is 6. The second-order valence-corrected chi connectivity index (χ2v) is 6.74. The van der Waals surface area contributed by atoms with Crippen molar-refractivity contribution >= 4 is 24.2 Å². The zero-order chi connectivity index (χ0) is 21.9. The van der Waals surface area contributed by atoms with Crippen LogP contribution in [0.3, 0.4) is 0 Å². The van der Waals surface area contributed by atoms with Crippen LogP contribution >= 0.6 is 0 Å². The van der Waals surface area contributed by atoms with Crippen LogP contribution in [0, 0.1) is 27.7 Å². The summed E-state index contributed by atoms with van der Waals surface area (Å²) in [6.45, 7) is 7.39. The highest BCUT2D eigenvalue weighted by Crippen LogP contribution is 2.19. The van der Waals surface area contributed by atoms with Crippen molar-refractivity contribution in [1.29, 1.82) is 0 Å². The van der Waals surface area contributed by atoms with Gasteiger partial charge in [-0.25, -0.2) is 10.9 Å². The van der Waals surface area contributed by atoms with E-state index < -0.39 is 11.8 Å². The van der Waals surface area contributed by atoms with E-state index in [9.17, 15) is 9.59 Å². The number of amides is 2. The molecule has 2 aromatic rings. The lowest BCUT2D eigenvalue weighted by Gasteiger charge is -2.08. The van der Waals surface area contributed by atoms with Gasteiger partial charge in [0.1, 0.15) is 11.5 Å². The molecule has 0 saturated heterocycles. The molecule has 0 spiro atoms. The molecule has 8 heteroatoms. The predicted octanol–water partition coefficient (Wildman–Crippen LogP) is 2.58. The van der Waals surface area contributed by atoms with Gasteiger partial charge in [-0.2, -0.15) is 10.2 Å². The average Bonchev–Trinajstić information content (AvgIpc) is 2.71. The molecule has 0 heterocycles. The maximum atomic E-state index is 11.7. The van der Waals surface area contributed by atoms with E-state index in [1.807, 2.05) is 64.1 Å². The monoisotopic (exact) mass is 410 g/mol. The topological polar surface area (TPSA) is 101 Å². The third kappa shape index (κ3) is 7.75. The van der Waals surface area contributed by atoms with E-state index in [1.54, 1.807) is 0 Å². The van der Waals surface area contributed by atoms with E-state index in [2.05, 4.69) is 21.1 Å². The number of hydrazone groups is 2. The Balaban J connectivity index is 1.66. The molecular formula is C22H26N4O4. The van der Waals surface area contributed by atoms with Gasteiger partial charge in [0, 0.05) is 0 Å². The van der Waals surface area contributed by atoms with Gasteiger partial charge in [0.2, 0.25) is 0 Å². The van der Waals surface area contributed by atoms with Crippen molar-refractivity contribution in [2.75, 3.05) is 13.2 Å². The van der Waals surface area contributed by atoms with Crippen molar-refractivity contribution in [1.82, 2.24) is 10.9 Å². The second-order valence-electron chi connectivity index (χ2n) is 6.74. The third-order valence-electron chi connectivity index (χ3n) is 4.00. The first-order chi connectivity index (χ1) is 14.3. The molecule has 2 amide bonds. The first-order valence-corrected chi connectivity index (χ1v) is 9.37. The number of ether oxygens (including phenoxy) is 2. The van der Waals surface area contributed by atoms with Crippen LogP contribution in [0.25, 0.3) is 0 Å². The van der Waals surface area contributed by atoms with Gasteiger partial charge in [0.15, 0.2) is 13.2 Å². The number of nitrogens with zero attached hydrogens (tertiary/aromatic N) is 2. The quantitative estimate of drug-likeness (QED) is 0.490. The molecule has 2 rings (SSSR count). The maximum absolute atomic E-state index is 11.7. The first-order valence-electron chi connectivity index (χ1n) is 9.37. The van der Waals surface area contributed by atoms with Gasteiger partial charge in [-0.05, 0) is 62.1 Å². The normalized spacial score (nSPS) is 10.9. The molecule has 30 heavy (non-hydrogen) atoms. The van der Waals surface area contributed by atoms with Gasteiger partial charge < -0.3 is 9.47 Å². The van der Waals surface area contributed by atoms with E-state index in [0.717, 1.165) is 22.3 Å².